The summed E-state index contributed by atoms with van der Waals surface area (Å²) in [5.41, 5.74) is 11.4. The number of carbonyl (C=O) groups excluding carboxylic acids is 7. The second-order valence-electron chi connectivity index (χ2n) is 34.4. The summed E-state index contributed by atoms with van der Waals surface area (Å²) in [5, 5.41) is 67.0. The van der Waals surface area contributed by atoms with E-state index in [0.29, 0.717) is 149 Å². The number of piperidine rings is 1. The maximum Gasteiger partial charge on any atom is 0.329 e. The summed E-state index contributed by atoms with van der Waals surface area (Å²) >= 11 is 0. The summed E-state index contributed by atoms with van der Waals surface area (Å²) in [6.45, 7) is 16.8. The summed E-state index contributed by atoms with van der Waals surface area (Å²) < 4.78 is 43.4. The fraction of sp³-hybridized carbons (Fsp3) is 0.644. The number of amides is 5. The number of hydrogen-bond acceptors (Lipinski definition) is 29. The molecular formula is C90H133N17O19. The molecule has 3 saturated heterocycles. The van der Waals surface area contributed by atoms with E-state index in [4.69, 9.17) is 48.8 Å². The van der Waals surface area contributed by atoms with Crippen LogP contribution in [0.4, 0.5) is 11.8 Å². The number of aryl methyl sites for hydroxylation is 1. The number of esters is 1. The van der Waals surface area contributed by atoms with Gasteiger partial charge in [-0.3, -0.25) is 33.7 Å². The first-order chi connectivity index (χ1) is 60.6. The molecule has 5 amide bonds. The molecule has 5 aliphatic rings. The largest absolute Gasteiger partial charge is 0.460 e. The second kappa shape index (κ2) is 48.5. The van der Waals surface area contributed by atoms with Crippen LogP contribution in [0.15, 0.2) is 96.0 Å². The third-order valence-electron chi connectivity index (χ3n) is 24.7. The molecule has 1 aliphatic carbocycles. The molecule has 5 aromatic heterocycles. The molecule has 0 radical (unpaired) electrons. The van der Waals surface area contributed by atoms with Crippen LogP contribution in [0.25, 0.3) is 33.3 Å². The van der Waals surface area contributed by atoms with Crippen LogP contribution in [0, 0.1) is 35.5 Å². The lowest BCUT2D eigenvalue weighted by Crippen LogP contribution is -2.61. The number of cyclic esters (lactones) is 1. The molecule has 4 aliphatic heterocycles. The Morgan fingerprint density at radius 2 is 1.54 bits per heavy atom. The fourth-order valence-electron chi connectivity index (χ4n) is 17.2. The summed E-state index contributed by atoms with van der Waals surface area (Å²) in [6, 6.07) is 2.77. The number of piperazine rings is 1. The highest BCUT2D eigenvalue weighted by Gasteiger charge is 2.53. The van der Waals surface area contributed by atoms with Gasteiger partial charge in [0.25, 0.3) is 17.6 Å². The van der Waals surface area contributed by atoms with Gasteiger partial charge in [-0.05, 0) is 139 Å². The van der Waals surface area contributed by atoms with Gasteiger partial charge < -0.3 is 99.8 Å². The molecule has 0 spiro atoms. The number of aliphatic hydroxyl groups is 4. The number of nitrogens with two attached hydrogens (primary N) is 1. The molecule has 0 unspecified atom stereocenters. The number of Topliss-reactive ketones (excluding diaryl/α,β-unsaturated/α-hetero) is 1. The molecule has 2 bridgehead atoms. The number of hydrogen-bond donors (Lipinski definition) is 9. The van der Waals surface area contributed by atoms with Gasteiger partial charge in [0, 0.05) is 159 Å². The number of pyridine rings is 1. The lowest BCUT2D eigenvalue weighted by Gasteiger charge is -2.43. The first-order valence-electron chi connectivity index (χ1n) is 44.4. The Morgan fingerprint density at radius 1 is 0.778 bits per heavy atom. The van der Waals surface area contributed by atoms with Gasteiger partial charge in [-0.25, -0.2) is 34.4 Å². The Bertz CT molecular complexity index is 4550. The van der Waals surface area contributed by atoms with Crippen molar-refractivity contribution in [1.82, 2.24) is 70.3 Å². The number of anilines is 2. The van der Waals surface area contributed by atoms with Crippen LogP contribution < -0.4 is 26.6 Å². The van der Waals surface area contributed by atoms with E-state index in [1.807, 2.05) is 86.0 Å². The van der Waals surface area contributed by atoms with E-state index < -0.39 is 102 Å². The number of methoxy groups -OCH3 is 3. The van der Waals surface area contributed by atoms with Gasteiger partial charge in [0.1, 0.15) is 47.8 Å². The van der Waals surface area contributed by atoms with Gasteiger partial charge in [-0.1, -0.05) is 76.2 Å². The normalized spacial score (nSPS) is 27.5. The van der Waals surface area contributed by atoms with Crippen LogP contribution in [0.2, 0.25) is 0 Å². The molecular weight excluding hydrogens is 1620 g/mol. The summed E-state index contributed by atoms with van der Waals surface area (Å²) in [7, 11) is 6.29. The minimum atomic E-state index is -2.47. The lowest BCUT2D eigenvalue weighted by atomic mass is 9.78. The van der Waals surface area contributed by atoms with Crippen LogP contribution in [0.5, 0.6) is 0 Å². The first kappa shape index (κ1) is 98.6. The monoisotopic (exact) mass is 1760 g/mol. The number of allylic oxidation sites excluding steroid dienone is 5. The molecule has 36 heteroatoms. The maximum absolute atomic E-state index is 14.8. The molecule has 9 heterocycles. The number of aromatic nitrogens is 8. The number of nitrogens with one attached hydrogen (secondary N) is 4. The molecule has 16 atom stereocenters. The Balaban J connectivity index is 0.661. The van der Waals surface area contributed by atoms with E-state index in [1.165, 1.54) is 18.3 Å². The van der Waals surface area contributed by atoms with Gasteiger partial charge >= 0.3 is 5.97 Å². The zero-order valence-corrected chi connectivity index (χ0v) is 74.9. The van der Waals surface area contributed by atoms with E-state index in [1.54, 1.807) is 76.5 Å². The third-order valence-corrected chi connectivity index (χ3v) is 24.7. The highest BCUT2D eigenvalue weighted by molar-refractivity contribution is 6.39. The van der Waals surface area contributed by atoms with E-state index in [2.05, 4.69) is 51.0 Å². The molecule has 126 heavy (non-hydrogen) atoms. The van der Waals surface area contributed by atoms with Crippen molar-refractivity contribution in [2.75, 3.05) is 131 Å². The van der Waals surface area contributed by atoms with Gasteiger partial charge in [0.05, 0.1) is 81.1 Å². The second-order valence-corrected chi connectivity index (χ2v) is 34.4. The number of nitrogen functional groups attached to an aromatic ring is 1. The highest BCUT2D eigenvalue weighted by atomic mass is 16.6. The van der Waals surface area contributed by atoms with Crippen molar-refractivity contribution in [3.63, 3.8) is 0 Å². The number of oxime groups is 1. The number of H-pyrrole nitrogens is 1. The summed E-state index contributed by atoms with van der Waals surface area (Å²) in [6.07, 6.45) is 19.8. The number of aliphatic hydroxyl groups excluding tert-OH is 3. The number of ether oxygens (including phenoxy) is 7. The number of ketones is 1. The molecule has 36 nitrogen and oxygen atoms in total. The minimum Gasteiger partial charge on any atom is -0.460 e. The number of nitrogens with zero attached hydrogens (tertiary/aromatic N) is 12. The van der Waals surface area contributed by atoms with Crippen molar-refractivity contribution in [2.24, 2.45) is 40.7 Å². The van der Waals surface area contributed by atoms with Crippen LogP contribution in [-0.4, -0.2) is 303 Å². The minimum absolute atomic E-state index is 0.00422. The predicted molar refractivity (Wildman–Crippen MR) is 471 cm³/mol. The number of aromatic amines is 1. The quantitative estimate of drug-likeness (QED) is 0.00824. The van der Waals surface area contributed by atoms with Gasteiger partial charge in [0.2, 0.25) is 29.5 Å². The first-order valence-corrected chi connectivity index (χ1v) is 44.4. The van der Waals surface area contributed by atoms with Crippen molar-refractivity contribution in [1.29, 1.82) is 0 Å². The van der Waals surface area contributed by atoms with Crippen molar-refractivity contribution in [3.8, 4) is 11.3 Å². The smallest absolute Gasteiger partial charge is 0.329 e. The van der Waals surface area contributed by atoms with Gasteiger partial charge in [0.15, 0.2) is 12.3 Å². The van der Waals surface area contributed by atoms with E-state index in [-0.39, 0.29) is 126 Å². The zero-order chi connectivity index (χ0) is 90.6. The fourth-order valence-corrected chi connectivity index (χ4v) is 17.2. The van der Waals surface area contributed by atoms with E-state index in [9.17, 15) is 54.0 Å². The zero-order valence-electron chi connectivity index (χ0n) is 74.9. The molecule has 692 valence electrons. The number of rotatable bonds is 31. The van der Waals surface area contributed by atoms with Crippen LogP contribution >= 0.6 is 0 Å². The molecule has 10 rings (SSSR count). The van der Waals surface area contributed by atoms with Crippen LogP contribution in [-0.2, 0) is 84.6 Å². The summed E-state index contributed by atoms with van der Waals surface area (Å²) in [5.74, 6) is -7.73. The van der Waals surface area contributed by atoms with Crippen LogP contribution in [0.1, 0.15) is 150 Å². The van der Waals surface area contributed by atoms with Crippen molar-refractivity contribution >= 4 is 80.8 Å². The average molecular weight is 1760 g/mol. The van der Waals surface area contributed by atoms with Gasteiger partial charge in [-0.15, -0.1) is 0 Å². The Kier molecular flexibility index (Phi) is 38.0. The maximum atomic E-state index is 14.8. The summed E-state index contributed by atoms with van der Waals surface area (Å²) in [4.78, 5) is 134. The van der Waals surface area contributed by atoms with Crippen molar-refractivity contribution < 1.29 is 92.0 Å². The lowest BCUT2D eigenvalue weighted by molar-refractivity contribution is -0.265. The third kappa shape index (κ3) is 27.7. The highest BCUT2D eigenvalue weighted by Crippen LogP contribution is 2.39. The standard InChI is InChI=1S/C90H133N17O19/c1-56-19-13-12-14-20-57(2)71(119-9)46-67-24-22-62(7)90(118,126-67)83(115)87(116)106-31-17-15-21-68(106)88(117)125-72(59(4)43-63-23-25-69(108)73(44-63)120-10)47-70(109)58(3)42-61(6)81(114)82(121-11)79(60(5)41-56)102-124-54-76(112)95-48-64-49-97-89(98-50-64)105-35-33-104(34-36-105)77(113)53-103(8)52-75(111)93-30-38-123-40-39-122-37-27-74(110)92-28-16-18-32-107-86-78(84(91)99-55-100-86)80(101-107)66-45-65-26-29-94-85(65)96-51-66/h12-14,19-20,26,29,42,45,49-51,55-56,58-60,62-63,67-73,81-82,108-109,114,118H,15-18,21-25,27-28,30-41,43-44,46-48,52-54H2,1-11H3,(H,92,110)(H,93,111)(H,94,96)(H,95,112)(H2,91,99,100)/b14-12?,19-13+,57-20?,61-42+,102-79?/t56-,58-,59-,60-,62-,63+,67+,68+,69-,70-,71+,72+,73-,81-,82+,90-/m1/s1. The molecule has 5 aromatic rings. The van der Waals surface area contributed by atoms with E-state index in [0.717, 1.165) is 28.6 Å². The number of carbonyl (C=O) groups is 7. The SMILES string of the molecule is CO[C@H]1C[C@@H]2CC[C@@H](C)[C@@](O)(O2)C(=O)C(=O)N2CCCC[C@H]2C(=O)O[C@H]([C@H](C)C[C@@H]2CC[C@@H](O)[C@H](OC)C2)C[C@@H](O)[C@H](C)/C=C(\C)[C@@H](O)[C@@H](OC)C(=NOCC(=O)NCc2cnc(N3CCN(C(=O)CN(C)CC(=O)NCCOCCOCCC(=O)NCCCCn4nc(-c5cnc6[nH]ccc6c5)c5c(N)ncnc54)CC3)nc2)[C@H](C)C[C@H](C)/C=C/C=CC=C1C. The number of likely N-dealkylation sites (N-methyl/N-ethyl adjacent to an activating group) is 1. The molecule has 10 N–H and O–H groups in total. The molecule has 4 fully saturated rings. The van der Waals surface area contributed by atoms with E-state index >= 15 is 0 Å². The number of unbranched alkanes of at least 4 members (excludes halogenated alkanes) is 1. The Hall–Kier alpha value is -9.60. The Labute approximate surface area is 737 Å². The predicted octanol–water partition coefficient (Wildman–Crippen LogP) is 5.86. The Morgan fingerprint density at radius 3 is 2.29 bits per heavy atom. The molecule has 1 saturated carbocycles. The number of fused-ring (bicyclic) bond motifs is 5. The van der Waals surface area contributed by atoms with Crippen LogP contribution in [0.3, 0.4) is 0 Å². The topological polar surface area (TPSA) is 460 Å². The van der Waals surface area contributed by atoms with Crippen molar-refractivity contribution in [2.45, 2.75) is 219 Å². The average Bonchev–Trinajstić information content (AvgIpc) is 1.49. The van der Waals surface area contributed by atoms with Gasteiger partial charge in [-0.2, -0.15) is 5.10 Å². The van der Waals surface area contributed by atoms with Crippen molar-refractivity contribution in [3.05, 3.63) is 96.4 Å². The molecule has 0 aromatic carbocycles.